The van der Waals surface area contributed by atoms with E-state index in [0.717, 1.165) is 6.26 Å². The van der Waals surface area contributed by atoms with Crippen LogP contribution in [0.5, 0.6) is 0 Å². The van der Waals surface area contributed by atoms with Crippen LogP contribution in [0.25, 0.3) is 0 Å². The van der Waals surface area contributed by atoms with Gasteiger partial charge in [0.25, 0.3) is 0 Å². The Balaban J connectivity index is 1.95. The zero-order chi connectivity index (χ0) is 18.6. The molecule has 2 rings (SSSR count). The van der Waals surface area contributed by atoms with Gasteiger partial charge in [0.2, 0.25) is 11.8 Å². The number of aliphatic hydroxyl groups is 2. The topological polar surface area (TPSA) is 124 Å². The maximum Gasteiger partial charge on any atom is 0.248 e. The molecule has 2 amide bonds. The zero-order valence-electron chi connectivity index (χ0n) is 13.9. The van der Waals surface area contributed by atoms with E-state index < -0.39 is 34.5 Å². The van der Waals surface area contributed by atoms with Crippen molar-refractivity contribution in [2.45, 2.75) is 29.9 Å². The Morgan fingerprint density at radius 2 is 1.92 bits per heavy atom. The van der Waals surface area contributed by atoms with Crippen LogP contribution < -0.4 is 5.32 Å². The lowest BCUT2D eigenvalue weighted by Gasteiger charge is -2.36. The average Bonchev–Trinajstić information content (AvgIpc) is 2.55. The van der Waals surface area contributed by atoms with E-state index in [2.05, 4.69) is 5.32 Å². The highest BCUT2D eigenvalue weighted by Crippen LogP contribution is 2.13. The van der Waals surface area contributed by atoms with Gasteiger partial charge < -0.3 is 20.4 Å². The number of likely N-dealkylation sites (tertiary alicyclic amines) is 1. The lowest BCUT2D eigenvalue weighted by Crippen LogP contribution is -2.57. The van der Waals surface area contributed by atoms with Crippen LogP contribution in [0.4, 0.5) is 0 Å². The minimum Gasteiger partial charge on any atom is -0.391 e. The Labute approximate surface area is 146 Å². The Morgan fingerprint density at radius 3 is 2.48 bits per heavy atom. The van der Waals surface area contributed by atoms with Gasteiger partial charge in [-0.1, -0.05) is 12.1 Å². The molecule has 1 aliphatic heterocycles. The van der Waals surface area contributed by atoms with Crippen molar-refractivity contribution >= 4 is 21.7 Å². The molecule has 1 aromatic rings. The molecule has 0 spiro atoms. The molecule has 25 heavy (non-hydrogen) atoms. The summed E-state index contributed by atoms with van der Waals surface area (Å²) in [6, 6.07) is 5.40. The molecule has 1 heterocycles. The summed E-state index contributed by atoms with van der Waals surface area (Å²) >= 11 is 0. The highest BCUT2D eigenvalue weighted by Gasteiger charge is 2.30. The van der Waals surface area contributed by atoms with Gasteiger partial charge >= 0.3 is 0 Å². The third kappa shape index (κ3) is 5.25. The molecule has 3 N–H and O–H groups in total. The van der Waals surface area contributed by atoms with E-state index in [0.29, 0.717) is 18.5 Å². The fraction of sp³-hybridized carbons (Fsp3) is 0.500. The first-order valence-electron chi connectivity index (χ1n) is 7.85. The quantitative estimate of drug-likeness (QED) is 0.592. The van der Waals surface area contributed by atoms with Crippen LogP contribution in [0.1, 0.15) is 12.0 Å². The number of hydrogen-bond donors (Lipinski definition) is 3. The second-order valence-corrected chi connectivity index (χ2v) is 8.14. The number of hydrogen-bond acceptors (Lipinski definition) is 6. The van der Waals surface area contributed by atoms with Crippen molar-refractivity contribution < 1.29 is 28.2 Å². The monoisotopic (exact) mass is 370 g/mol. The number of benzene rings is 1. The molecule has 2 atom stereocenters. The Morgan fingerprint density at radius 1 is 1.28 bits per heavy atom. The van der Waals surface area contributed by atoms with E-state index in [1.165, 1.54) is 17.0 Å². The Hall–Kier alpha value is -1.97. The first-order chi connectivity index (χ1) is 11.7. The molecule has 1 fully saturated rings. The number of carbonyl (C=O) groups excluding carboxylic acids is 2. The molecule has 1 aromatic carbocycles. The third-order valence-corrected chi connectivity index (χ3v) is 5.26. The second kappa shape index (κ2) is 7.94. The van der Waals surface area contributed by atoms with Gasteiger partial charge in [0.15, 0.2) is 9.84 Å². The summed E-state index contributed by atoms with van der Waals surface area (Å²) < 4.78 is 22.8. The van der Waals surface area contributed by atoms with Gasteiger partial charge in [0, 0.05) is 19.3 Å². The van der Waals surface area contributed by atoms with Crippen molar-refractivity contribution in [3.05, 3.63) is 29.8 Å². The summed E-state index contributed by atoms with van der Waals surface area (Å²) in [6.07, 6.45) is 0.693. The minimum absolute atomic E-state index is 0.0290. The summed E-state index contributed by atoms with van der Waals surface area (Å²) in [5, 5.41) is 21.6. The molecule has 0 radical (unpaired) electrons. The van der Waals surface area contributed by atoms with Crippen molar-refractivity contribution in [3.8, 4) is 0 Å². The summed E-state index contributed by atoms with van der Waals surface area (Å²) in [5.74, 6) is -0.781. The average molecular weight is 370 g/mol. The molecule has 0 aromatic heterocycles. The number of aliphatic hydroxyl groups excluding tert-OH is 2. The smallest absolute Gasteiger partial charge is 0.248 e. The van der Waals surface area contributed by atoms with Gasteiger partial charge in [-0.2, -0.15) is 0 Å². The first kappa shape index (κ1) is 19.4. The van der Waals surface area contributed by atoms with Crippen molar-refractivity contribution in [1.29, 1.82) is 0 Å². The van der Waals surface area contributed by atoms with E-state index in [1.54, 1.807) is 12.1 Å². The molecule has 1 saturated heterocycles. The van der Waals surface area contributed by atoms with Gasteiger partial charge in [0.05, 0.1) is 23.5 Å². The molecule has 138 valence electrons. The lowest BCUT2D eigenvalue weighted by atomic mass is 10.0. The maximum atomic E-state index is 12.2. The molecule has 1 aliphatic rings. The van der Waals surface area contributed by atoms with Crippen molar-refractivity contribution in [2.75, 3.05) is 26.0 Å². The van der Waals surface area contributed by atoms with Crippen LogP contribution in [-0.2, 0) is 25.8 Å². The summed E-state index contributed by atoms with van der Waals surface area (Å²) in [4.78, 5) is 25.3. The fourth-order valence-corrected chi connectivity index (χ4v) is 3.34. The van der Waals surface area contributed by atoms with Gasteiger partial charge in [-0.3, -0.25) is 9.59 Å². The Kier molecular flexibility index (Phi) is 6.15. The van der Waals surface area contributed by atoms with Crippen LogP contribution in [0.2, 0.25) is 0 Å². The second-order valence-electron chi connectivity index (χ2n) is 6.12. The summed E-state index contributed by atoms with van der Waals surface area (Å²) in [5.41, 5.74) is 0.637. The maximum absolute atomic E-state index is 12.2. The molecular formula is C16H22N2O6S. The summed E-state index contributed by atoms with van der Waals surface area (Å²) in [7, 11) is -3.29. The molecule has 0 bridgehead atoms. The number of nitrogens with zero attached hydrogens (tertiary/aromatic N) is 1. The highest BCUT2D eigenvalue weighted by atomic mass is 32.2. The van der Waals surface area contributed by atoms with E-state index in [4.69, 9.17) is 5.11 Å². The van der Waals surface area contributed by atoms with E-state index in [1.807, 2.05) is 0 Å². The first-order valence-corrected chi connectivity index (χ1v) is 9.75. The summed E-state index contributed by atoms with van der Waals surface area (Å²) in [6.45, 7) is -0.136. The molecule has 0 saturated carbocycles. The molecule has 9 heteroatoms. The van der Waals surface area contributed by atoms with Gasteiger partial charge in [-0.05, 0) is 24.1 Å². The third-order valence-electron chi connectivity index (χ3n) is 4.13. The van der Waals surface area contributed by atoms with E-state index in [-0.39, 0.29) is 23.8 Å². The largest absolute Gasteiger partial charge is 0.391 e. The van der Waals surface area contributed by atoms with Gasteiger partial charge in [0.1, 0.15) is 6.61 Å². The Bertz CT molecular complexity index is 731. The normalized spacial score (nSPS) is 21.0. The van der Waals surface area contributed by atoms with Crippen LogP contribution in [0.15, 0.2) is 29.2 Å². The highest BCUT2D eigenvalue weighted by molar-refractivity contribution is 7.90. The lowest BCUT2D eigenvalue weighted by molar-refractivity contribution is -0.138. The fourth-order valence-electron chi connectivity index (χ4n) is 2.71. The van der Waals surface area contributed by atoms with E-state index >= 15 is 0 Å². The van der Waals surface area contributed by atoms with Crippen molar-refractivity contribution in [2.24, 2.45) is 0 Å². The number of carbonyl (C=O) groups is 2. The van der Waals surface area contributed by atoms with Crippen LogP contribution >= 0.6 is 0 Å². The van der Waals surface area contributed by atoms with Crippen molar-refractivity contribution in [3.63, 3.8) is 0 Å². The van der Waals surface area contributed by atoms with Crippen LogP contribution in [0.3, 0.4) is 0 Å². The van der Waals surface area contributed by atoms with Crippen LogP contribution in [0, 0.1) is 0 Å². The van der Waals surface area contributed by atoms with Gasteiger partial charge in [-0.15, -0.1) is 0 Å². The van der Waals surface area contributed by atoms with Gasteiger partial charge in [-0.25, -0.2) is 8.42 Å². The zero-order valence-corrected chi connectivity index (χ0v) is 14.7. The number of rotatable bonds is 5. The van der Waals surface area contributed by atoms with E-state index in [9.17, 15) is 23.1 Å². The standard InChI is InChI=1S/C16H22N2O6S/c1-25(23,24)12-4-2-11(3-5-12)8-15(21)17-13-9-18(16(22)10-19)7-6-14(13)20/h2-5,13-14,19-20H,6-10H2,1H3,(H,17,21)/t13-,14-/m1/s1. The molecular weight excluding hydrogens is 348 g/mol. The minimum atomic E-state index is -3.29. The number of nitrogens with one attached hydrogen (secondary N) is 1. The molecule has 0 aliphatic carbocycles. The predicted molar refractivity (Wildman–Crippen MR) is 89.5 cm³/mol. The van der Waals surface area contributed by atoms with Crippen LogP contribution in [-0.4, -0.2) is 73.4 Å². The van der Waals surface area contributed by atoms with Crippen molar-refractivity contribution in [1.82, 2.24) is 10.2 Å². The molecule has 0 unspecified atom stereocenters. The molecule has 8 nitrogen and oxygen atoms in total. The number of sulfone groups is 1. The number of piperidine rings is 1. The predicted octanol–water partition coefficient (Wildman–Crippen LogP) is -1.30. The number of amides is 2. The SMILES string of the molecule is CS(=O)(=O)c1ccc(CC(=O)N[C@@H]2CN(C(=O)CO)CC[C@H]2O)cc1.